The zero-order valence-electron chi connectivity index (χ0n) is 13.9. The minimum Gasteiger partial charge on any atom is -0.357 e. The van der Waals surface area contributed by atoms with E-state index in [0.29, 0.717) is 43.8 Å². The molecule has 0 unspecified atom stereocenters. The summed E-state index contributed by atoms with van der Waals surface area (Å²) in [5.74, 6) is 1.15. The number of piperidine rings is 1. The average molecular weight is 355 g/mol. The van der Waals surface area contributed by atoms with Gasteiger partial charge in [-0.05, 0) is 31.0 Å². The molecule has 4 rings (SSSR count). The Balaban J connectivity index is 1.50. The molecule has 1 spiro atoms. The second-order valence-electron chi connectivity index (χ2n) is 6.80. The first-order valence-electron chi connectivity index (χ1n) is 8.63. The molecule has 0 radical (unpaired) electrons. The Hall–Kier alpha value is -2.20. The largest absolute Gasteiger partial charge is 0.357 e. The maximum atomic E-state index is 12.2. The fraction of sp³-hybridized carbons (Fsp3) is 0.350. The van der Waals surface area contributed by atoms with E-state index in [4.69, 9.17) is 11.6 Å². The second-order valence-corrected chi connectivity index (χ2v) is 7.21. The van der Waals surface area contributed by atoms with Gasteiger partial charge in [0.2, 0.25) is 0 Å². The smallest absolute Gasteiger partial charge is 0.146 e. The summed E-state index contributed by atoms with van der Waals surface area (Å²) in [7, 11) is 0. The fourth-order valence-corrected chi connectivity index (χ4v) is 4.21. The molecule has 2 fully saturated rings. The molecular weight excluding hydrogens is 336 g/mol. The van der Waals surface area contributed by atoms with E-state index in [1.807, 2.05) is 42.6 Å². The van der Waals surface area contributed by atoms with E-state index in [-0.39, 0.29) is 11.6 Å². The molecule has 1 aromatic carbocycles. The van der Waals surface area contributed by atoms with E-state index < -0.39 is 5.41 Å². The highest BCUT2D eigenvalue weighted by Crippen LogP contribution is 2.41. The van der Waals surface area contributed by atoms with Crippen molar-refractivity contribution < 1.29 is 9.59 Å². The topological polar surface area (TPSA) is 50.3 Å². The molecule has 0 amide bonds. The first-order valence-corrected chi connectivity index (χ1v) is 9.00. The van der Waals surface area contributed by atoms with Crippen molar-refractivity contribution in [2.24, 2.45) is 5.41 Å². The van der Waals surface area contributed by atoms with E-state index in [1.165, 1.54) is 0 Å². The summed E-state index contributed by atoms with van der Waals surface area (Å²) in [6.07, 6.45) is 3.89. The lowest BCUT2D eigenvalue weighted by molar-refractivity contribution is -0.136. The second kappa shape index (κ2) is 6.26. The minimum atomic E-state index is -0.700. The van der Waals surface area contributed by atoms with Gasteiger partial charge in [-0.25, -0.2) is 4.98 Å². The normalized spacial score (nSPS) is 19.6. The third-order valence-electron chi connectivity index (χ3n) is 5.52. The summed E-state index contributed by atoms with van der Waals surface area (Å²) < 4.78 is 0. The third kappa shape index (κ3) is 2.74. The van der Waals surface area contributed by atoms with Gasteiger partial charge in [-0.3, -0.25) is 9.59 Å². The molecule has 1 aliphatic carbocycles. The number of nitrogens with zero attached hydrogens (tertiary/aromatic N) is 2. The lowest BCUT2D eigenvalue weighted by atomic mass is 9.75. The van der Waals surface area contributed by atoms with Gasteiger partial charge >= 0.3 is 0 Å². The van der Waals surface area contributed by atoms with Crippen LogP contribution in [0.2, 0.25) is 5.02 Å². The molecule has 0 N–H and O–H groups in total. The number of hydrogen-bond acceptors (Lipinski definition) is 4. The predicted octanol–water partition coefficient (Wildman–Crippen LogP) is 3.92. The number of benzene rings is 1. The van der Waals surface area contributed by atoms with E-state index in [1.54, 1.807) is 0 Å². The fourth-order valence-electron chi connectivity index (χ4n) is 3.96. The average Bonchev–Trinajstić information content (AvgIpc) is 2.91. The molecule has 2 aromatic rings. The molecule has 2 heterocycles. The van der Waals surface area contributed by atoms with E-state index in [9.17, 15) is 9.59 Å². The molecule has 4 nitrogen and oxygen atoms in total. The van der Waals surface area contributed by atoms with E-state index in [2.05, 4.69) is 9.88 Å². The number of ketones is 2. The van der Waals surface area contributed by atoms with Crippen LogP contribution in [0.5, 0.6) is 0 Å². The van der Waals surface area contributed by atoms with Gasteiger partial charge in [0.1, 0.15) is 17.4 Å². The molecule has 128 valence electrons. The molecule has 2 aliphatic rings. The van der Waals surface area contributed by atoms with Crippen LogP contribution in [0.25, 0.3) is 11.1 Å². The molecule has 25 heavy (non-hydrogen) atoms. The molecular formula is C20H19ClN2O2. The zero-order chi connectivity index (χ0) is 17.4. The summed E-state index contributed by atoms with van der Waals surface area (Å²) in [5.41, 5.74) is 1.24. The number of aromatic nitrogens is 1. The van der Waals surface area contributed by atoms with Crippen molar-refractivity contribution in [2.75, 3.05) is 18.0 Å². The van der Waals surface area contributed by atoms with Crippen molar-refractivity contribution in [3.8, 4) is 11.1 Å². The van der Waals surface area contributed by atoms with Crippen molar-refractivity contribution >= 4 is 29.0 Å². The van der Waals surface area contributed by atoms with Gasteiger partial charge in [0.25, 0.3) is 0 Å². The number of carbonyl (C=O) groups excluding carboxylic acids is 2. The van der Waals surface area contributed by atoms with Gasteiger partial charge in [-0.1, -0.05) is 29.8 Å². The molecule has 1 saturated carbocycles. The maximum absolute atomic E-state index is 12.2. The van der Waals surface area contributed by atoms with Crippen LogP contribution in [-0.4, -0.2) is 29.6 Å². The van der Waals surface area contributed by atoms with Crippen LogP contribution < -0.4 is 4.90 Å². The van der Waals surface area contributed by atoms with Gasteiger partial charge in [0, 0.05) is 48.3 Å². The highest BCUT2D eigenvalue weighted by molar-refractivity contribution is 6.33. The number of hydrogen-bond donors (Lipinski definition) is 0. The van der Waals surface area contributed by atoms with E-state index >= 15 is 0 Å². The Morgan fingerprint density at radius 2 is 1.64 bits per heavy atom. The lowest BCUT2D eigenvalue weighted by Gasteiger charge is -2.37. The minimum absolute atomic E-state index is 0.138. The quantitative estimate of drug-likeness (QED) is 0.767. The summed E-state index contributed by atoms with van der Waals surface area (Å²) in [4.78, 5) is 31.1. The summed E-state index contributed by atoms with van der Waals surface area (Å²) in [6, 6.07) is 11.7. The zero-order valence-corrected chi connectivity index (χ0v) is 14.6. The van der Waals surface area contributed by atoms with Crippen molar-refractivity contribution in [2.45, 2.75) is 25.7 Å². The number of rotatable bonds is 2. The molecule has 1 aliphatic heterocycles. The van der Waals surface area contributed by atoms with Gasteiger partial charge < -0.3 is 4.90 Å². The highest BCUT2D eigenvalue weighted by Gasteiger charge is 2.50. The SMILES string of the molecule is O=C1CCC(=O)C12CCN(c1ccc(-c3ccccc3Cl)cn1)CC2. The number of Topliss-reactive ketones (excluding diaryl/α,β-unsaturated/α-hetero) is 2. The Morgan fingerprint density at radius 3 is 2.24 bits per heavy atom. The molecule has 1 aromatic heterocycles. The van der Waals surface area contributed by atoms with Crippen molar-refractivity contribution in [3.63, 3.8) is 0 Å². The Kier molecular flexibility index (Phi) is 4.08. The molecule has 5 heteroatoms. The Labute approximate surface area is 151 Å². The van der Waals surface area contributed by atoms with Gasteiger partial charge in [0.15, 0.2) is 0 Å². The first-order chi connectivity index (χ1) is 12.1. The first kappa shape index (κ1) is 16.3. The van der Waals surface area contributed by atoms with Crippen LogP contribution in [0.1, 0.15) is 25.7 Å². The molecule has 1 saturated heterocycles. The monoisotopic (exact) mass is 354 g/mol. The summed E-state index contributed by atoms with van der Waals surface area (Å²) in [5, 5.41) is 0.704. The van der Waals surface area contributed by atoms with Crippen LogP contribution in [-0.2, 0) is 9.59 Å². The predicted molar refractivity (Wildman–Crippen MR) is 97.8 cm³/mol. The standard InChI is InChI=1S/C20H19ClN2O2/c21-16-4-2-1-3-15(16)14-5-8-19(22-13-14)23-11-9-20(10-12-23)17(24)6-7-18(20)25/h1-5,8,13H,6-7,9-12H2. The number of carbonyl (C=O) groups is 2. The summed E-state index contributed by atoms with van der Waals surface area (Å²) >= 11 is 6.24. The van der Waals surface area contributed by atoms with Gasteiger partial charge in [-0.15, -0.1) is 0 Å². The molecule has 0 bridgehead atoms. The van der Waals surface area contributed by atoms with E-state index in [0.717, 1.165) is 16.9 Å². The van der Waals surface area contributed by atoms with Crippen LogP contribution in [0.3, 0.4) is 0 Å². The summed E-state index contributed by atoms with van der Waals surface area (Å²) in [6.45, 7) is 1.38. The van der Waals surface area contributed by atoms with Crippen molar-refractivity contribution in [3.05, 3.63) is 47.6 Å². The van der Waals surface area contributed by atoms with Crippen LogP contribution in [0.4, 0.5) is 5.82 Å². The Bertz CT molecular complexity index is 806. The maximum Gasteiger partial charge on any atom is 0.146 e. The third-order valence-corrected chi connectivity index (χ3v) is 5.85. The molecule has 0 atom stereocenters. The van der Waals surface area contributed by atoms with Crippen molar-refractivity contribution in [1.82, 2.24) is 4.98 Å². The number of anilines is 1. The van der Waals surface area contributed by atoms with Crippen LogP contribution in [0.15, 0.2) is 42.6 Å². The van der Waals surface area contributed by atoms with Crippen LogP contribution >= 0.6 is 11.6 Å². The number of halogens is 1. The van der Waals surface area contributed by atoms with Crippen LogP contribution in [0, 0.1) is 5.41 Å². The highest BCUT2D eigenvalue weighted by atomic mass is 35.5. The van der Waals surface area contributed by atoms with Gasteiger partial charge in [0.05, 0.1) is 5.41 Å². The van der Waals surface area contributed by atoms with Gasteiger partial charge in [-0.2, -0.15) is 0 Å². The Morgan fingerprint density at radius 1 is 0.960 bits per heavy atom. The lowest BCUT2D eigenvalue weighted by Crippen LogP contribution is -2.46. The number of pyridine rings is 1. The van der Waals surface area contributed by atoms with Crippen molar-refractivity contribution in [1.29, 1.82) is 0 Å².